The van der Waals surface area contributed by atoms with E-state index in [9.17, 15) is 0 Å². The molecule has 2 heteroatoms. The number of hydrogen-bond donors (Lipinski definition) is 0. The Bertz CT molecular complexity index is 641. The second-order valence-electron chi connectivity index (χ2n) is 7.42. The van der Waals surface area contributed by atoms with Gasteiger partial charge < -0.3 is 4.74 Å². The van der Waals surface area contributed by atoms with Crippen molar-refractivity contribution >= 4 is 0 Å². The minimum Gasteiger partial charge on any atom is -0.496 e. The first-order chi connectivity index (χ1) is 12.9. The number of nitrogens with zero attached hydrogens (tertiary/aromatic N) is 1. The molecule has 2 rings (SSSR count). The number of rotatable bonds is 8. The number of methoxy groups -OCH3 is 1. The Balaban J connectivity index is 0.00000176. The van der Waals surface area contributed by atoms with Gasteiger partial charge in [-0.25, -0.2) is 0 Å². The van der Waals surface area contributed by atoms with Crippen LogP contribution in [-0.4, -0.2) is 30.6 Å². The van der Waals surface area contributed by atoms with E-state index in [1.54, 1.807) is 7.11 Å². The van der Waals surface area contributed by atoms with Crippen molar-refractivity contribution in [3.63, 3.8) is 0 Å². The zero-order valence-electron chi connectivity index (χ0n) is 18.6. The van der Waals surface area contributed by atoms with Gasteiger partial charge >= 0.3 is 0 Å². The largest absolute Gasteiger partial charge is 0.496 e. The van der Waals surface area contributed by atoms with Gasteiger partial charge in [0.25, 0.3) is 0 Å². The first kappa shape index (κ1) is 23.2. The van der Waals surface area contributed by atoms with E-state index in [1.165, 1.54) is 16.7 Å². The van der Waals surface area contributed by atoms with Gasteiger partial charge in [-0.2, -0.15) is 0 Å². The maximum Gasteiger partial charge on any atom is 0.122 e. The lowest BCUT2D eigenvalue weighted by atomic mass is 9.86. The smallest absolute Gasteiger partial charge is 0.122 e. The van der Waals surface area contributed by atoms with Crippen molar-refractivity contribution in [2.75, 3.05) is 13.7 Å². The molecule has 2 aromatic rings. The summed E-state index contributed by atoms with van der Waals surface area (Å²) in [6, 6.07) is 18.4. The highest BCUT2D eigenvalue weighted by atomic mass is 16.5. The maximum absolute atomic E-state index is 5.69. The minimum atomic E-state index is 0.344. The van der Waals surface area contributed by atoms with Crippen molar-refractivity contribution in [1.29, 1.82) is 0 Å². The van der Waals surface area contributed by atoms with Gasteiger partial charge in [-0.15, -0.1) is 0 Å². The standard InChI is InChI=1S/C23H33NO.C2H6/c1-17(2)24(18(3)4)15-14-21(20-10-8-7-9-11-20)22-16-19(5)12-13-23(22)25-6;1-2/h7-13,16-18,21H,14-15H2,1-6H3;1-2H3. The number of hydrogen-bond acceptors (Lipinski definition) is 2. The molecule has 0 aromatic heterocycles. The van der Waals surface area contributed by atoms with Crippen LogP contribution in [0.5, 0.6) is 5.75 Å². The molecule has 0 saturated carbocycles. The minimum absolute atomic E-state index is 0.344. The lowest BCUT2D eigenvalue weighted by Gasteiger charge is -2.32. The quantitative estimate of drug-likeness (QED) is 0.515. The zero-order valence-corrected chi connectivity index (χ0v) is 18.6. The molecular weight excluding hydrogens is 330 g/mol. The highest BCUT2D eigenvalue weighted by molar-refractivity contribution is 5.44. The van der Waals surface area contributed by atoms with E-state index < -0.39 is 0 Å². The Hall–Kier alpha value is -1.80. The second kappa shape index (κ2) is 11.8. The van der Waals surface area contributed by atoms with Crippen LogP contribution in [0.2, 0.25) is 0 Å². The Morgan fingerprint density at radius 1 is 0.889 bits per heavy atom. The number of benzene rings is 2. The summed E-state index contributed by atoms with van der Waals surface area (Å²) in [5.41, 5.74) is 3.93. The van der Waals surface area contributed by atoms with Crippen molar-refractivity contribution in [2.45, 2.75) is 72.9 Å². The van der Waals surface area contributed by atoms with Crippen molar-refractivity contribution in [3.05, 3.63) is 65.2 Å². The van der Waals surface area contributed by atoms with Gasteiger partial charge in [0.1, 0.15) is 5.75 Å². The molecule has 0 radical (unpaired) electrons. The Kier molecular flexibility index (Phi) is 10.2. The number of ether oxygens (including phenoxy) is 1. The summed E-state index contributed by atoms with van der Waals surface area (Å²) in [5.74, 6) is 1.33. The normalized spacial score (nSPS) is 12.1. The molecule has 0 aliphatic carbocycles. The van der Waals surface area contributed by atoms with Crippen LogP contribution in [0.4, 0.5) is 0 Å². The molecule has 0 fully saturated rings. The Morgan fingerprint density at radius 3 is 2.00 bits per heavy atom. The van der Waals surface area contributed by atoms with Crippen LogP contribution in [0.1, 0.15) is 70.6 Å². The van der Waals surface area contributed by atoms with E-state index >= 15 is 0 Å². The van der Waals surface area contributed by atoms with Gasteiger partial charge in [0.05, 0.1) is 7.11 Å². The molecule has 0 saturated heterocycles. The molecule has 0 bridgehead atoms. The fraction of sp³-hybridized carbons (Fsp3) is 0.520. The fourth-order valence-corrected chi connectivity index (χ4v) is 3.70. The lowest BCUT2D eigenvalue weighted by molar-refractivity contribution is 0.170. The summed E-state index contributed by atoms with van der Waals surface area (Å²) < 4.78 is 5.69. The molecule has 0 amide bonds. The highest BCUT2D eigenvalue weighted by Crippen LogP contribution is 2.35. The summed E-state index contributed by atoms with van der Waals surface area (Å²) in [6.45, 7) is 16.4. The molecule has 2 aromatic carbocycles. The van der Waals surface area contributed by atoms with E-state index in [-0.39, 0.29) is 0 Å². The topological polar surface area (TPSA) is 12.5 Å². The van der Waals surface area contributed by atoms with Crippen LogP contribution in [-0.2, 0) is 0 Å². The van der Waals surface area contributed by atoms with E-state index in [0.29, 0.717) is 18.0 Å². The summed E-state index contributed by atoms with van der Waals surface area (Å²) in [5, 5.41) is 0. The van der Waals surface area contributed by atoms with Crippen molar-refractivity contribution < 1.29 is 4.74 Å². The van der Waals surface area contributed by atoms with E-state index in [4.69, 9.17) is 4.74 Å². The van der Waals surface area contributed by atoms with Crippen LogP contribution in [0, 0.1) is 6.92 Å². The molecule has 0 aliphatic rings. The summed E-state index contributed by atoms with van der Waals surface area (Å²) in [4.78, 5) is 2.57. The molecule has 0 N–H and O–H groups in total. The molecule has 0 spiro atoms. The molecule has 27 heavy (non-hydrogen) atoms. The van der Waals surface area contributed by atoms with E-state index in [1.807, 2.05) is 13.8 Å². The van der Waals surface area contributed by atoms with Gasteiger partial charge in [0.2, 0.25) is 0 Å². The van der Waals surface area contributed by atoms with E-state index in [0.717, 1.165) is 18.7 Å². The molecular formula is C25H39NO. The maximum atomic E-state index is 5.69. The Labute approximate surface area is 167 Å². The van der Waals surface area contributed by atoms with Gasteiger partial charge in [-0.05, 0) is 59.2 Å². The van der Waals surface area contributed by atoms with Crippen molar-refractivity contribution in [3.8, 4) is 5.75 Å². The predicted molar refractivity (Wildman–Crippen MR) is 119 cm³/mol. The predicted octanol–water partition coefficient (Wildman–Crippen LogP) is 6.67. The zero-order chi connectivity index (χ0) is 20.4. The average Bonchev–Trinajstić information content (AvgIpc) is 2.67. The average molecular weight is 370 g/mol. The fourth-order valence-electron chi connectivity index (χ4n) is 3.70. The molecule has 1 atom stereocenters. The molecule has 150 valence electrons. The number of aryl methyl sites for hydroxylation is 1. The molecule has 0 heterocycles. The molecule has 2 nitrogen and oxygen atoms in total. The van der Waals surface area contributed by atoms with Gasteiger partial charge in [0.15, 0.2) is 0 Å². The SMILES string of the molecule is CC.COc1ccc(C)cc1C(CCN(C(C)C)C(C)C)c1ccccc1. The first-order valence-electron chi connectivity index (χ1n) is 10.4. The summed E-state index contributed by atoms with van der Waals surface area (Å²) in [6.07, 6.45) is 1.08. The van der Waals surface area contributed by atoms with Crippen molar-refractivity contribution in [2.24, 2.45) is 0 Å². The molecule has 0 aliphatic heterocycles. The monoisotopic (exact) mass is 369 g/mol. The third-order valence-corrected chi connectivity index (χ3v) is 4.97. The van der Waals surface area contributed by atoms with E-state index in [2.05, 4.69) is 88.0 Å². The third kappa shape index (κ3) is 6.70. The van der Waals surface area contributed by atoms with Crippen molar-refractivity contribution in [1.82, 2.24) is 4.90 Å². The lowest BCUT2D eigenvalue weighted by Crippen LogP contribution is -2.38. The van der Waals surface area contributed by atoms with Crippen LogP contribution < -0.4 is 4.74 Å². The third-order valence-electron chi connectivity index (χ3n) is 4.97. The van der Waals surface area contributed by atoms with Gasteiger partial charge in [-0.3, -0.25) is 4.90 Å². The van der Waals surface area contributed by atoms with Crippen LogP contribution in [0.3, 0.4) is 0 Å². The molecule has 1 unspecified atom stereocenters. The van der Waals surface area contributed by atoms with Gasteiger partial charge in [0, 0.05) is 23.6 Å². The van der Waals surface area contributed by atoms with Crippen LogP contribution >= 0.6 is 0 Å². The second-order valence-corrected chi connectivity index (χ2v) is 7.42. The summed E-state index contributed by atoms with van der Waals surface area (Å²) in [7, 11) is 1.77. The van der Waals surface area contributed by atoms with Gasteiger partial charge in [-0.1, -0.05) is 61.9 Å². The van der Waals surface area contributed by atoms with Crippen LogP contribution in [0.15, 0.2) is 48.5 Å². The Morgan fingerprint density at radius 2 is 1.48 bits per heavy atom. The highest BCUT2D eigenvalue weighted by Gasteiger charge is 2.21. The summed E-state index contributed by atoms with van der Waals surface area (Å²) >= 11 is 0. The van der Waals surface area contributed by atoms with Crippen LogP contribution in [0.25, 0.3) is 0 Å². The first-order valence-corrected chi connectivity index (χ1v) is 10.4.